The smallest absolute Gasteiger partial charge is 0.273 e. The fourth-order valence-corrected chi connectivity index (χ4v) is 3.43. The third-order valence-electron chi connectivity index (χ3n) is 2.99. The molecule has 0 saturated heterocycles. The van der Waals surface area contributed by atoms with Gasteiger partial charge >= 0.3 is 11.4 Å². The molecule has 2 aromatic rings. The molecule has 0 radical (unpaired) electrons. The molecule has 0 saturated carbocycles. The van der Waals surface area contributed by atoms with Gasteiger partial charge in [-0.1, -0.05) is 35.5 Å². The van der Waals surface area contributed by atoms with Gasteiger partial charge in [0.2, 0.25) is 0 Å². The zero-order chi connectivity index (χ0) is 13.2. The van der Waals surface area contributed by atoms with Crippen LogP contribution in [-0.2, 0) is 15.6 Å². The van der Waals surface area contributed by atoms with Crippen molar-refractivity contribution >= 4 is 39.6 Å². The van der Waals surface area contributed by atoms with Crippen LogP contribution in [0.15, 0.2) is 46.4 Å². The van der Waals surface area contributed by atoms with Crippen LogP contribution in [0.1, 0.15) is 12.0 Å². The van der Waals surface area contributed by atoms with E-state index in [0.29, 0.717) is 0 Å². The number of benzene rings is 2. The third kappa shape index (κ3) is 2.51. The summed E-state index contributed by atoms with van der Waals surface area (Å²) in [5.74, 6) is 0.894. The van der Waals surface area contributed by atoms with Gasteiger partial charge in [-0.15, -0.1) is 11.8 Å². The first kappa shape index (κ1) is 12.7. The first-order valence-electron chi connectivity index (χ1n) is 5.76. The Balaban J connectivity index is 2.18. The van der Waals surface area contributed by atoms with Crippen molar-refractivity contribution in [3.8, 4) is 0 Å². The van der Waals surface area contributed by atoms with Crippen LogP contribution in [0.5, 0.6) is 0 Å². The lowest BCUT2D eigenvalue weighted by Gasteiger charge is -2.18. The van der Waals surface area contributed by atoms with Crippen LogP contribution >= 0.6 is 11.8 Å². The third-order valence-corrected chi connectivity index (χ3v) is 4.25. The van der Waals surface area contributed by atoms with Crippen LogP contribution in [0.2, 0.25) is 0 Å². The zero-order valence-electron chi connectivity index (χ0n) is 9.91. The quantitative estimate of drug-likeness (QED) is 0.682. The molecule has 1 unspecified atom stereocenters. The summed E-state index contributed by atoms with van der Waals surface area (Å²) in [5, 5.41) is 6.05. The second-order valence-electron chi connectivity index (χ2n) is 4.09. The molecule has 4 nitrogen and oxygen atoms in total. The highest BCUT2D eigenvalue weighted by Gasteiger charge is 2.19. The molecule has 0 aliphatic carbocycles. The molecule has 2 aromatic carbocycles. The van der Waals surface area contributed by atoms with Crippen molar-refractivity contribution in [2.24, 2.45) is 5.16 Å². The van der Waals surface area contributed by atoms with Gasteiger partial charge in [-0.2, -0.15) is 4.21 Å². The van der Waals surface area contributed by atoms with E-state index in [9.17, 15) is 4.21 Å². The minimum atomic E-state index is -2.37. The lowest BCUT2D eigenvalue weighted by Crippen LogP contribution is -2.11. The summed E-state index contributed by atoms with van der Waals surface area (Å²) >= 11 is -0.605. The van der Waals surface area contributed by atoms with Crippen molar-refractivity contribution in [1.82, 2.24) is 0 Å². The number of nitrogens with zero attached hydrogens (tertiary/aromatic N) is 1. The first-order valence-corrected chi connectivity index (χ1v) is 7.77. The van der Waals surface area contributed by atoms with Crippen molar-refractivity contribution in [2.45, 2.75) is 11.3 Å². The molecular weight excluding hydrogens is 282 g/mol. The molecule has 0 amide bonds. The van der Waals surface area contributed by atoms with Gasteiger partial charge in [0.25, 0.3) is 0 Å². The summed E-state index contributed by atoms with van der Waals surface area (Å²) in [4.78, 5) is 1.14. The minimum Gasteiger partial charge on any atom is -0.273 e. The monoisotopic (exact) mass is 293 g/mol. The Morgan fingerprint density at radius 3 is 2.95 bits per heavy atom. The summed E-state index contributed by atoms with van der Waals surface area (Å²) in [6, 6.07) is 12.2. The Labute approximate surface area is 117 Å². The van der Waals surface area contributed by atoms with Crippen molar-refractivity contribution in [2.75, 3.05) is 5.75 Å². The van der Waals surface area contributed by atoms with Gasteiger partial charge in [0, 0.05) is 22.6 Å². The molecule has 1 aliphatic heterocycles. The van der Waals surface area contributed by atoms with Crippen LogP contribution in [0.3, 0.4) is 0 Å². The van der Waals surface area contributed by atoms with Crippen LogP contribution in [0, 0.1) is 0 Å². The normalized spacial score (nSPS) is 18.3. The Morgan fingerprint density at radius 1 is 1.26 bits per heavy atom. The van der Waals surface area contributed by atoms with Crippen LogP contribution in [-0.4, -0.2) is 20.2 Å². The summed E-state index contributed by atoms with van der Waals surface area (Å²) < 4.78 is 23.8. The molecule has 1 heterocycles. The maximum Gasteiger partial charge on any atom is 0.378 e. The van der Waals surface area contributed by atoms with Gasteiger partial charge in [-0.05, 0) is 16.8 Å². The topological polar surface area (TPSA) is 58.9 Å². The van der Waals surface area contributed by atoms with E-state index in [1.165, 1.54) is 0 Å². The molecule has 0 fully saturated rings. The minimum absolute atomic E-state index is 0.725. The van der Waals surface area contributed by atoms with Gasteiger partial charge in [-0.25, -0.2) is 0 Å². The first-order chi connectivity index (χ1) is 9.25. The number of hydrogen-bond acceptors (Lipinski definition) is 4. The summed E-state index contributed by atoms with van der Waals surface area (Å²) in [6.45, 7) is 0. The molecular formula is C13H11NO3S2. The lowest BCUT2D eigenvalue weighted by molar-refractivity contribution is 0.325. The van der Waals surface area contributed by atoms with Crippen LogP contribution in [0.4, 0.5) is 0 Å². The molecule has 0 spiro atoms. The van der Waals surface area contributed by atoms with E-state index in [1.807, 2.05) is 24.3 Å². The summed E-state index contributed by atoms with van der Waals surface area (Å²) in [7, 11) is 0. The maximum atomic E-state index is 10.6. The number of rotatable bonds is 2. The second kappa shape index (κ2) is 5.32. The predicted molar refractivity (Wildman–Crippen MR) is 77.7 cm³/mol. The fraction of sp³-hybridized carbons (Fsp3) is 0.154. The summed E-state index contributed by atoms with van der Waals surface area (Å²) in [5.41, 5.74) is 1.74. The Kier molecular flexibility index (Phi) is 3.54. The van der Waals surface area contributed by atoms with Crippen LogP contribution in [0.25, 0.3) is 10.8 Å². The van der Waals surface area contributed by atoms with E-state index in [2.05, 4.69) is 21.6 Å². The average Bonchev–Trinajstić information content (AvgIpc) is 2.44. The van der Waals surface area contributed by atoms with Gasteiger partial charge < -0.3 is 0 Å². The van der Waals surface area contributed by atoms with Gasteiger partial charge in [0.05, 0.1) is 5.71 Å². The molecule has 3 rings (SSSR count). The van der Waals surface area contributed by atoms with E-state index in [-0.39, 0.29) is 0 Å². The van der Waals surface area contributed by atoms with E-state index in [1.54, 1.807) is 11.8 Å². The van der Waals surface area contributed by atoms with E-state index < -0.39 is 11.4 Å². The maximum absolute atomic E-state index is 10.6. The van der Waals surface area contributed by atoms with Crippen molar-refractivity contribution < 1.29 is 13.0 Å². The molecule has 1 atom stereocenters. The standard InChI is InChI=1S/C13H11NO3S2/c15-19(16)17-14-11-7-8-18-12-6-5-9-3-1-2-4-10(9)13(11)12/h1-6H,7-8H2,(H,15,16)/b14-11+. The molecule has 98 valence electrons. The van der Waals surface area contributed by atoms with E-state index >= 15 is 0 Å². The van der Waals surface area contributed by atoms with E-state index in [0.717, 1.165) is 39.1 Å². The van der Waals surface area contributed by atoms with Gasteiger partial charge in [0.1, 0.15) is 0 Å². The molecule has 0 bridgehead atoms. The highest BCUT2D eigenvalue weighted by atomic mass is 32.2. The van der Waals surface area contributed by atoms with Gasteiger partial charge in [-0.3, -0.25) is 8.84 Å². The summed E-state index contributed by atoms with van der Waals surface area (Å²) in [6.07, 6.45) is 0.725. The highest BCUT2D eigenvalue weighted by Crippen LogP contribution is 2.35. The Hall–Kier alpha value is -1.37. The molecule has 0 aromatic heterocycles. The van der Waals surface area contributed by atoms with E-state index in [4.69, 9.17) is 4.55 Å². The average molecular weight is 293 g/mol. The lowest BCUT2D eigenvalue weighted by atomic mass is 9.99. The second-order valence-corrected chi connectivity index (χ2v) is 5.81. The number of thioether (sulfide) groups is 1. The number of fused-ring (bicyclic) bond motifs is 3. The number of oxime groups is 1. The fourth-order valence-electron chi connectivity index (χ4n) is 2.22. The largest absolute Gasteiger partial charge is 0.378 e. The molecule has 1 aliphatic rings. The molecule has 1 N–H and O–H groups in total. The number of hydrogen-bond donors (Lipinski definition) is 1. The highest BCUT2D eigenvalue weighted by molar-refractivity contribution is 7.99. The van der Waals surface area contributed by atoms with Gasteiger partial charge in [0.15, 0.2) is 0 Å². The molecule has 19 heavy (non-hydrogen) atoms. The molecule has 6 heteroatoms. The Morgan fingerprint density at radius 2 is 2.11 bits per heavy atom. The van der Waals surface area contributed by atoms with Crippen molar-refractivity contribution in [3.05, 3.63) is 42.0 Å². The van der Waals surface area contributed by atoms with Crippen LogP contribution < -0.4 is 0 Å². The SMILES string of the molecule is O=S(O)O/N=C1\CCSc2ccc3ccccc3c21. The zero-order valence-corrected chi connectivity index (χ0v) is 11.5. The van der Waals surface area contributed by atoms with Crippen molar-refractivity contribution in [1.29, 1.82) is 0 Å². The van der Waals surface area contributed by atoms with Crippen molar-refractivity contribution in [3.63, 3.8) is 0 Å². The predicted octanol–water partition coefficient (Wildman–Crippen LogP) is 3.19. The Bertz CT molecular complexity index is 685.